The molecule has 0 amide bonds. The van der Waals surface area contributed by atoms with Gasteiger partial charge in [0.2, 0.25) is 5.16 Å². The zero-order valence-corrected chi connectivity index (χ0v) is 13.8. The van der Waals surface area contributed by atoms with E-state index in [9.17, 15) is 0 Å². The molecule has 0 saturated heterocycles. The third-order valence-electron chi connectivity index (χ3n) is 3.10. The van der Waals surface area contributed by atoms with E-state index in [1.807, 2.05) is 36.4 Å². The summed E-state index contributed by atoms with van der Waals surface area (Å²) in [5.41, 5.74) is 3.38. The molecule has 0 spiro atoms. The fourth-order valence-corrected chi connectivity index (χ4v) is 3.48. The Hall–Kier alpha value is -1.66. The van der Waals surface area contributed by atoms with E-state index in [2.05, 4.69) is 50.5 Å². The highest BCUT2D eigenvalue weighted by Gasteiger charge is 2.11. The third kappa shape index (κ3) is 3.16. The third-order valence-corrected chi connectivity index (χ3v) is 4.84. The first-order chi connectivity index (χ1) is 10.3. The van der Waals surface area contributed by atoms with Crippen LogP contribution >= 0.6 is 27.7 Å². The second-order valence-corrected chi connectivity index (χ2v) is 6.34. The zero-order chi connectivity index (χ0) is 14.7. The minimum atomic E-state index is 0.792. The van der Waals surface area contributed by atoms with Crippen molar-refractivity contribution < 1.29 is 0 Å². The molecule has 0 aliphatic carbocycles. The lowest BCUT2D eigenvalue weighted by molar-refractivity contribution is 0.752. The number of tetrazole rings is 1. The SMILES string of the molecule is Cc1ccccc1-n1nnnc1SCc1ccccc1Br. The van der Waals surface area contributed by atoms with Crippen LogP contribution in [0, 0.1) is 6.92 Å². The fourth-order valence-electron chi connectivity index (χ4n) is 1.98. The number of nitrogens with zero attached hydrogens (tertiary/aromatic N) is 4. The largest absolute Gasteiger partial charge is 0.214 e. The molecule has 21 heavy (non-hydrogen) atoms. The van der Waals surface area contributed by atoms with Crippen molar-refractivity contribution in [2.75, 3.05) is 0 Å². The average Bonchev–Trinajstić information content (AvgIpc) is 2.95. The van der Waals surface area contributed by atoms with E-state index >= 15 is 0 Å². The van der Waals surface area contributed by atoms with Gasteiger partial charge >= 0.3 is 0 Å². The topological polar surface area (TPSA) is 43.6 Å². The Labute approximate surface area is 135 Å². The van der Waals surface area contributed by atoms with Crippen LogP contribution in [-0.4, -0.2) is 20.2 Å². The van der Waals surface area contributed by atoms with Crippen LogP contribution in [0.4, 0.5) is 0 Å². The molecule has 1 heterocycles. The van der Waals surface area contributed by atoms with Gasteiger partial charge in [-0.15, -0.1) is 5.10 Å². The lowest BCUT2D eigenvalue weighted by Gasteiger charge is -2.07. The molecule has 0 fully saturated rings. The van der Waals surface area contributed by atoms with Crippen LogP contribution in [0.2, 0.25) is 0 Å². The van der Waals surface area contributed by atoms with Gasteiger partial charge in [-0.05, 0) is 40.6 Å². The molecule has 6 heteroatoms. The molecule has 0 N–H and O–H groups in total. The molecule has 0 aliphatic heterocycles. The van der Waals surface area contributed by atoms with Crippen LogP contribution in [0.5, 0.6) is 0 Å². The minimum Gasteiger partial charge on any atom is -0.187 e. The number of para-hydroxylation sites is 1. The van der Waals surface area contributed by atoms with Gasteiger partial charge in [0.1, 0.15) is 0 Å². The van der Waals surface area contributed by atoms with E-state index in [-0.39, 0.29) is 0 Å². The zero-order valence-electron chi connectivity index (χ0n) is 11.4. The monoisotopic (exact) mass is 360 g/mol. The van der Waals surface area contributed by atoms with E-state index in [0.717, 1.165) is 26.6 Å². The normalized spacial score (nSPS) is 10.8. The summed E-state index contributed by atoms with van der Waals surface area (Å²) in [6, 6.07) is 16.3. The van der Waals surface area contributed by atoms with Crippen molar-refractivity contribution >= 4 is 27.7 Å². The summed E-state index contributed by atoms with van der Waals surface area (Å²) in [7, 11) is 0. The molecule has 106 valence electrons. The second kappa shape index (κ2) is 6.41. The molecule has 0 bridgehead atoms. The van der Waals surface area contributed by atoms with Gasteiger partial charge in [0, 0.05) is 10.2 Å². The van der Waals surface area contributed by atoms with Gasteiger partial charge in [-0.3, -0.25) is 0 Å². The number of rotatable bonds is 4. The molecular weight excluding hydrogens is 348 g/mol. The van der Waals surface area contributed by atoms with Crippen molar-refractivity contribution in [3.05, 3.63) is 64.1 Å². The predicted octanol–water partition coefficient (Wildman–Crippen LogP) is 4.03. The van der Waals surface area contributed by atoms with Gasteiger partial charge in [-0.25, -0.2) is 0 Å². The Morgan fingerprint density at radius 3 is 2.67 bits per heavy atom. The van der Waals surface area contributed by atoms with E-state index in [0.29, 0.717) is 0 Å². The highest BCUT2D eigenvalue weighted by molar-refractivity contribution is 9.10. The number of thioether (sulfide) groups is 1. The van der Waals surface area contributed by atoms with Gasteiger partial charge in [0.05, 0.1) is 5.69 Å². The maximum Gasteiger partial charge on any atom is 0.214 e. The molecule has 3 aromatic rings. The first-order valence-corrected chi connectivity index (χ1v) is 8.24. The van der Waals surface area contributed by atoms with Crippen molar-refractivity contribution in [1.82, 2.24) is 20.2 Å². The summed E-state index contributed by atoms with van der Waals surface area (Å²) in [5, 5.41) is 12.8. The van der Waals surface area contributed by atoms with Gasteiger partial charge < -0.3 is 0 Å². The van der Waals surface area contributed by atoms with Crippen molar-refractivity contribution in [3.8, 4) is 5.69 Å². The van der Waals surface area contributed by atoms with Crippen molar-refractivity contribution in [3.63, 3.8) is 0 Å². The molecule has 0 aliphatic rings. The van der Waals surface area contributed by atoms with Crippen LogP contribution in [0.3, 0.4) is 0 Å². The number of aromatic nitrogens is 4. The molecular formula is C15H13BrN4S. The van der Waals surface area contributed by atoms with E-state index in [4.69, 9.17) is 0 Å². The maximum absolute atomic E-state index is 4.13. The minimum absolute atomic E-state index is 0.792. The van der Waals surface area contributed by atoms with Crippen molar-refractivity contribution in [2.45, 2.75) is 17.8 Å². The number of benzene rings is 2. The molecule has 0 saturated carbocycles. The summed E-state index contributed by atoms with van der Waals surface area (Å²) in [6.45, 7) is 2.05. The van der Waals surface area contributed by atoms with Gasteiger partial charge in [-0.1, -0.05) is 64.1 Å². The van der Waals surface area contributed by atoms with Crippen LogP contribution in [0.25, 0.3) is 5.69 Å². The fraction of sp³-hybridized carbons (Fsp3) is 0.133. The average molecular weight is 361 g/mol. The first kappa shape index (κ1) is 14.3. The van der Waals surface area contributed by atoms with Gasteiger partial charge in [-0.2, -0.15) is 4.68 Å². The predicted molar refractivity (Wildman–Crippen MR) is 87.6 cm³/mol. The molecule has 0 unspecified atom stereocenters. The van der Waals surface area contributed by atoms with Crippen molar-refractivity contribution in [1.29, 1.82) is 0 Å². The number of hydrogen-bond acceptors (Lipinski definition) is 4. The second-order valence-electron chi connectivity index (χ2n) is 4.54. The summed E-state index contributed by atoms with van der Waals surface area (Å²) in [6.07, 6.45) is 0. The first-order valence-electron chi connectivity index (χ1n) is 6.46. The Bertz CT molecular complexity index is 757. The Kier molecular flexibility index (Phi) is 4.36. The number of hydrogen-bond donors (Lipinski definition) is 0. The quantitative estimate of drug-likeness (QED) is 0.659. The molecule has 0 radical (unpaired) electrons. The Morgan fingerprint density at radius 1 is 1.10 bits per heavy atom. The summed E-state index contributed by atoms with van der Waals surface area (Å²) in [4.78, 5) is 0. The number of halogens is 1. The van der Waals surface area contributed by atoms with E-state index in [1.54, 1.807) is 16.4 Å². The van der Waals surface area contributed by atoms with Crippen LogP contribution in [-0.2, 0) is 5.75 Å². The summed E-state index contributed by atoms with van der Waals surface area (Å²) in [5.74, 6) is 0.813. The lowest BCUT2D eigenvalue weighted by atomic mass is 10.2. The summed E-state index contributed by atoms with van der Waals surface area (Å²) < 4.78 is 2.89. The molecule has 3 rings (SSSR count). The van der Waals surface area contributed by atoms with E-state index < -0.39 is 0 Å². The van der Waals surface area contributed by atoms with Crippen LogP contribution in [0.1, 0.15) is 11.1 Å². The van der Waals surface area contributed by atoms with Gasteiger partial charge in [0.25, 0.3) is 0 Å². The lowest BCUT2D eigenvalue weighted by Crippen LogP contribution is -2.01. The molecule has 4 nitrogen and oxygen atoms in total. The highest BCUT2D eigenvalue weighted by Crippen LogP contribution is 2.27. The molecule has 2 aromatic carbocycles. The maximum atomic E-state index is 4.13. The van der Waals surface area contributed by atoms with Crippen molar-refractivity contribution in [2.24, 2.45) is 0 Å². The Morgan fingerprint density at radius 2 is 1.86 bits per heavy atom. The van der Waals surface area contributed by atoms with Crippen LogP contribution < -0.4 is 0 Å². The van der Waals surface area contributed by atoms with Crippen LogP contribution in [0.15, 0.2) is 58.2 Å². The highest BCUT2D eigenvalue weighted by atomic mass is 79.9. The smallest absolute Gasteiger partial charge is 0.187 e. The Balaban J connectivity index is 1.84. The van der Waals surface area contributed by atoms with Gasteiger partial charge in [0.15, 0.2) is 0 Å². The van der Waals surface area contributed by atoms with E-state index in [1.165, 1.54) is 5.56 Å². The standard InChI is InChI=1S/C15H13BrN4S/c1-11-6-2-5-9-14(11)20-15(17-18-19-20)21-10-12-7-3-4-8-13(12)16/h2-9H,10H2,1H3. The molecule has 0 atom stereocenters. The number of aryl methyl sites for hydroxylation is 1. The summed E-state index contributed by atoms with van der Waals surface area (Å²) >= 11 is 5.19. The molecule has 1 aromatic heterocycles.